The molecule has 2 rings (SSSR count). The van der Waals surface area contributed by atoms with Crippen LogP contribution >= 0.6 is 23.2 Å². The Morgan fingerprint density at radius 1 is 1.10 bits per heavy atom. The summed E-state index contributed by atoms with van der Waals surface area (Å²) in [4.78, 5) is 22.3. The van der Waals surface area contributed by atoms with Gasteiger partial charge >= 0.3 is 0 Å². The van der Waals surface area contributed by atoms with Crippen LogP contribution in [0.15, 0.2) is 42.5 Å². The maximum absolute atomic E-state index is 12.0. The standard InChI is InChI=1S/C13H8Cl2N2O3/c14-9-6-5-8(7-10(9)15)13(18)16-11-3-1-2-4-12(11)17(19)20/h1-7H,(H,16,18). The summed E-state index contributed by atoms with van der Waals surface area (Å²) in [5.74, 6) is -0.502. The van der Waals surface area contributed by atoms with Crippen LogP contribution in [-0.2, 0) is 0 Å². The molecule has 2 aromatic rings. The number of nitrogens with zero attached hydrogens (tertiary/aromatic N) is 1. The number of nitro groups is 1. The molecule has 0 aliphatic heterocycles. The fourth-order valence-electron chi connectivity index (χ4n) is 1.57. The Bertz CT molecular complexity index is 689. The maximum Gasteiger partial charge on any atom is 0.292 e. The molecule has 0 heterocycles. The zero-order valence-corrected chi connectivity index (χ0v) is 11.5. The van der Waals surface area contributed by atoms with Crippen molar-refractivity contribution in [2.45, 2.75) is 0 Å². The van der Waals surface area contributed by atoms with Crippen LogP contribution < -0.4 is 5.32 Å². The summed E-state index contributed by atoms with van der Waals surface area (Å²) in [5, 5.41) is 13.9. The molecular weight excluding hydrogens is 303 g/mol. The van der Waals surface area contributed by atoms with Crippen molar-refractivity contribution in [3.05, 3.63) is 68.2 Å². The third kappa shape index (κ3) is 3.07. The molecule has 0 spiro atoms. The molecule has 0 radical (unpaired) electrons. The summed E-state index contributed by atoms with van der Waals surface area (Å²) >= 11 is 11.6. The first-order valence-electron chi connectivity index (χ1n) is 5.49. The van der Waals surface area contributed by atoms with Gasteiger partial charge in [-0.05, 0) is 24.3 Å². The Morgan fingerprint density at radius 2 is 1.80 bits per heavy atom. The molecular formula is C13H8Cl2N2O3. The fourth-order valence-corrected chi connectivity index (χ4v) is 1.87. The maximum atomic E-state index is 12.0. The normalized spacial score (nSPS) is 10.1. The fraction of sp³-hybridized carbons (Fsp3) is 0. The Kier molecular flexibility index (Phi) is 4.22. The number of carbonyl (C=O) groups is 1. The van der Waals surface area contributed by atoms with Crippen LogP contribution in [0, 0.1) is 10.1 Å². The van der Waals surface area contributed by atoms with E-state index in [-0.39, 0.29) is 22.0 Å². The second-order valence-corrected chi connectivity index (χ2v) is 4.67. The van der Waals surface area contributed by atoms with Gasteiger partial charge in [-0.3, -0.25) is 14.9 Å². The Labute approximate surface area is 124 Å². The van der Waals surface area contributed by atoms with Crippen molar-refractivity contribution in [2.75, 3.05) is 5.32 Å². The number of nitro benzene ring substituents is 1. The van der Waals surface area contributed by atoms with Crippen LogP contribution in [0.25, 0.3) is 0 Å². The highest BCUT2D eigenvalue weighted by molar-refractivity contribution is 6.42. The minimum Gasteiger partial charge on any atom is -0.316 e. The molecule has 20 heavy (non-hydrogen) atoms. The predicted molar refractivity (Wildman–Crippen MR) is 77.5 cm³/mol. The number of hydrogen-bond donors (Lipinski definition) is 1. The van der Waals surface area contributed by atoms with Gasteiger partial charge in [-0.2, -0.15) is 0 Å². The molecule has 0 fully saturated rings. The van der Waals surface area contributed by atoms with E-state index < -0.39 is 10.8 Å². The van der Waals surface area contributed by atoms with Crippen molar-refractivity contribution in [2.24, 2.45) is 0 Å². The summed E-state index contributed by atoms with van der Waals surface area (Å²) in [6.07, 6.45) is 0. The molecule has 0 saturated carbocycles. The highest BCUT2D eigenvalue weighted by Crippen LogP contribution is 2.26. The third-order valence-electron chi connectivity index (χ3n) is 2.53. The lowest BCUT2D eigenvalue weighted by atomic mass is 10.2. The summed E-state index contributed by atoms with van der Waals surface area (Å²) < 4.78 is 0. The van der Waals surface area contributed by atoms with Crippen LogP contribution in [-0.4, -0.2) is 10.8 Å². The SMILES string of the molecule is O=C(Nc1ccccc1[N+](=O)[O-])c1ccc(Cl)c(Cl)c1. The Balaban J connectivity index is 2.28. The number of nitrogens with one attached hydrogen (secondary N) is 1. The van der Waals surface area contributed by atoms with E-state index in [1.165, 1.54) is 36.4 Å². The lowest BCUT2D eigenvalue weighted by Gasteiger charge is -2.06. The van der Waals surface area contributed by atoms with Gasteiger partial charge in [-0.25, -0.2) is 0 Å². The Hall–Kier alpha value is -2.11. The van der Waals surface area contributed by atoms with E-state index in [4.69, 9.17) is 23.2 Å². The second-order valence-electron chi connectivity index (χ2n) is 3.86. The van der Waals surface area contributed by atoms with E-state index in [2.05, 4.69) is 5.32 Å². The quantitative estimate of drug-likeness (QED) is 0.683. The van der Waals surface area contributed by atoms with E-state index in [9.17, 15) is 14.9 Å². The molecule has 7 heteroatoms. The van der Waals surface area contributed by atoms with Crippen LogP contribution in [0.1, 0.15) is 10.4 Å². The van der Waals surface area contributed by atoms with Crippen molar-refractivity contribution >= 4 is 40.5 Å². The zero-order valence-electron chi connectivity index (χ0n) is 9.97. The van der Waals surface area contributed by atoms with Gasteiger partial charge in [0, 0.05) is 11.6 Å². The largest absolute Gasteiger partial charge is 0.316 e. The molecule has 0 aromatic heterocycles. The van der Waals surface area contributed by atoms with E-state index in [1.54, 1.807) is 6.07 Å². The molecule has 0 unspecified atom stereocenters. The van der Waals surface area contributed by atoms with Crippen molar-refractivity contribution < 1.29 is 9.72 Å². The van der Waals surface area contributed by atoms with Gasteiger partial charge in [-0.15, -0.1) is 0 Å². The minimum atomic E-state index is -0.565. The Morgan fingerprint density at radius 3 is 2.45 bits per heavy atom. The molecule has 0 atom stereocenters. The number of carbonyl (C=O) groups excluding carboxylic acids is 1. The molecule has 5 nitrogen and oxygen atoms in total. The number of rotatable bonds is 3. The molecule has 0 aliphatic carbocycles. The number of halogens is 2. The number of amides is 1. The first kappa shape index (κ1) is 14.3. The summed E-state index contributed by atoms with van der Waals surface area (Å²) in [7, 11) is 0. The first-order chi connectivity index (χ1) is 9.49. The van der Waals surface area contributed by atoms with Crippen LogP contribution in [0.5, 0.6) is 0 Å². The lowest BCUT2D eigenvalue weighted by molar-refractivity contribution is -0.383. The average Bonchev–Trinajstić information content (AvgIpc) is 2.42. The average molecular weight is 311 g/mol. The monoisotopic (exact) mass is 310 g/mol. The highest BCUT2D eigenvalue weighted by Gasteiger charge is 2.16. The van der Waals surface area contributed by atoms with E-state index in [0.717, 1.165) is 0 Å². The molecule has 0 saturated heterocycles. The van der Waals surface area contributed by atoms with Gasteiger partial charge < -0.3 is 5.32 Å². The van der Waals surface area contributed by atoms with Gasteiger partial charge in [0.05, 0.1) is 15.0 Å². The molecule has 0 bridgehead atoms. The smallest absolute Gasteiger partial charge is 0.292 e. The summed E-state index contributed by atoms with van der Waals surface area (Å²) in [6.45, 7) is 0. The first-order valence-corrected chi connectivity index (χ1v) is 6.24. The predicted octanol–water partition coefficient (Wildman–Crippen LogP) is 4.15. The van der Waals surface area contributed by atoms with Crippen LogP contribution in [0.2, 0.25) is 10.0 Å². The van der Waals surface area contributed by atoms with Crippen molar-refractivity contribution in [3.8, 4) is 0 Å². The van der Waals surface area contributed by atoms with Gasteiger partial charge in [0.1, 0.15) is 5.69 Å². The van der Waals surface area contributed by atoms with Crippen LogP contribution in [0.4, 0.5) is 11.4 Å². The number of anilines is 1. The molecule has 0 aliphatic rings. The third-order valence-corrected chi connectivity index (χ3v) is 3.27. The number of para-hydroxylation sites is 2. The molecule has 102 valence electrons. The number of benzene rings is 2. The van der Waals surface area contributed by atoms with E-state index in [1.807, 2.05) is 0 Å². The second kappa shape index (κ2) is 5.90. The van der Waals surface area contributed by atoms with Gasteiger partial charge in [0.15, 0.2) is 0 Å². The summed E-state index contributed by atoms with van der Waals surface area (Å²) in [5.41, 5.74) is 0.201. The van der Waals surface area contributed by atoms with Gasteiger partial charge in [-0.1, -0.05) is 35.3 Å². The minimum absolute atomic E-state index is 0.119. The topological polar surface area (TPSA) is 72.2 Å². The van der Waals surface area contributed by atoms with E-state index in [0.29, 0.717) is 5.02 Å². The zero-order chi connectivity index (χ0) is 14.7. The summed E-state index contributed by atoms with van der Waals surface area (Å²) in [6, 6.07) is 10.2. The highest BCUT2D eigenvalue weighted by atomic mass is 35.5. The number of hydrogen-bond acceptors (Lipinski definition) is 3. The van der Waals surface area contributed by atoms with Gasteiger partial charge in [0.2, 0.25) is 0 Å². The van der Waals surface area contributed by atoms with Crippen molar-refractivity contribution in [1.82, 2.24) is 0 Å². The lowest BCUT2D eigenvalue weighted by Crippen LogP contribution is -2.13. The van der Waals surface area contributed by atoms with Crippen LogP contribution in [0.3, 0.4) is 0 Å². The molecule has 1 N–H and O–H groups in total. The van der Waals surface area contributed by atoms with Crippen molar-refractivity contribution in [3.63, 3.8) is 0 Å². The van der Waals surface area contributed by atoms with E-state index >= 15 is 0 Å². The van der Waals surface area contributed by atoms with Gasteiger partial charge in [0.25, 0.3) is 11.6 Å². The molecule has 1 amide bonds. The molecule has 2 aromatic carbocycles. The van der Waals surface area contributed by atoms with Crippen molar-refractivity contribution in [1.29, 1.82) is 0 Å².